The maximum Gasteiger partial charge on any atom is 0.319 e. The molecule has 27 heavy (non-hydrogen) atoms. The first-order valence-corrected chi connectivity index (χ1v) is 9.83. The quantitative estimate of drug-likeness (QED) is 0.833. The number of carbonyl (C=O) groups is 1. The molecule has 2 N–H and O–H groups in total. The number of hydrogen-bond acceptors (Lipinski definition) is 2. The van der Waals surface area contributed by atoms with Gasteiger partial charge in [-0.15, -0.1) is 0 Å². The number of carbonyl (C=O) groups excluding carboxylic acids is 1. The lowest BCUT2D eigenvalue weighted by atomic mass is 9.85. The van der Waals surface area contributed by atoms with Crippen LogP contribution in [0.5, 0.6) is 0 Å². The van der Waals surface area contributed by atoms with Crippen LogP contribution >= 0.6 is 0 Å². The van der Waals surface area contributed by atoms with Crippen LogP contribution in [-0.2, 0) is 6.54 Å². The van der Waals surface area contributed by atoms with Crippen LogP contribution in [-0.4, -0.2) is 30.1 Å². The second kappa shape index (κ2) is 8.57. The predicted molar refractivity (Wildman–Crippen MR) is 112 cm³/mol. The average molecular weight is 366 g/mol. The van der Waals surface area contributed by atoms with E-state index in [9.17, 15) is 4.79 Å². The van der Waals surface area contributed by atoms with Crippen LogP contribution in [0.25, 0.3) is 0 Å². The third-order valence-electron chi connectivity index (χ3n) is 5.50. The zero-order valence-corrected chi connectivity index (χ0v) is 16.8. The Hall–Kier alpha value is -2.33. The van der Waals surface area contributed by atoms with Gasteiger partial charge in [0.25, 0.3) is 0 Å². The van der Waals surface area contributed by atoms with Gasteiger partial charge in [-0.3, -0.25) is 4.90 Å². The molecule has 1 saturated heterocycles. The number of piperidine rings is 1. The van der Waals surface area contributed by atoms with E-state index in [1.54, 1.807) is 0 Å². The highest BCUT2D eigenvalue weighted by molar-refractivity contribution is 5.90. The van der Waals surface area contributed by atoms with E-state index in [0.717, 1.165) is 30.9 Å². The largest absolute Gasteiger partial charge is 0.335 e. The molecule has 0 bridgehead atoms. The summed E-state index contributed by atoms with van der Waals surface area (Å²) < 4.78 is 0. The monoisotopic (exact) mass is 365 g/mol. The fraction of sp³-hybridized carbons (Fsp3) is 0.435. The number of urea groups is 1. The smallest absolute Gasteiger partial charge is 0.319 e. The Balaban J connectivity index is 1.56. The van der Waals surface area contributed by atoms with E-state index >= 15 is 0 Å². The van der Waals surface area contributed by atoms with Gasteiger partial charge in [0.05, 0.1) is 0 Å². The van der Waals surface area contributed by atoms with Gasteiger partial charge in [0.1, 0.15) is 0 Å². The average Bonchev–Trinajstić information content (AvgIpc) is 2.61. The van der Waals surface area contributed by atoms with Gasteiger partial charge in [-0.25, -0.2) is 4.79 Å². The zero-order valence-electron chi connectivity index (χ0n) is 16.8. The van der Waals surface area contributed by atoms with Gasteiger partial charge >= 0.3 is 6.03 Å². The van der Waals surface area contributed by atoms with Crippen LogP contribution < -0.4 is 10.6 Å². The van der Waals surface area contributed by atoms with Crippen molar-refractivity contribution in [2.75, 3.05) is 18.4 Å². The first kappa shape index (κ1) is 19.4. The van der Waals surface area contributed by atoms with Crippen molar-refractivity contribution in [1.82, 2.24) is 10.2 Å². The summed E-state index contributed by atoms with van der Waals surface area (Å²) in [6.45, 7) is 11.5. The third-order valence-corrected chi connectivity index (χ3v) is 5.50. The van der Waals surface area contributed by atoms with Crippen LogP contribution in [0.3, 0.4) is 0 Å². The van der Waals surface area contributed by atoms with Crippen molar-refractivity contribution in [2.45, 2.75) is 40.3 Å². The van der Waals surface area contributed by atoms with Crippen molar-refractivity contribution in [3.8, 4) is 0 Å². The molecule has 0 aromatic heterocycles. The molecule has 0 radical (unpaired) electrons. The van der Waals surface area contributed by atoms with Crippen LogP contribution in [0.2, 0.25) is 0 Å². The minimum Gasteiger partial charge on any atom is -0.335 e. The Morgan fingerprint density at radius 2 is 1.70 bits per heavy atom. The fourth-order valence-corrected chi connectivity index (χ4v) is 4.20. The summed E-state index contributed by atoms with van der Waals surface area (Å²) >= 11 is 0. The molecule has 144 valence electrons. The number of benzene rings is 2. The predicted octanol–water partition coefficient (Wildman–Crippen LogP) is 4.58. The SMILES string of the molecule is Cc1ccc(NC(=O)NC2[C@H](C)CN(Cc3ccccc3)C[C@@H]2C)c(C)c1. The van der Waals surface area contributed by atoms with E-state index in [1.165, 1.54) is 11.1 Å². The number of likely N-dealkylation sites (tertiary alicyclic amines) is 1. The summed E-state index contributed by atoms with van der Waals surface area (Å²) in [6.07, 6.45) is 0. The number of amides is 2. The molecule has 1 aliphatic heterocycles. The molecule has 3 atom stereocenters. The number of anilines is 1. The summed E-state index contributed by atoms with van der Waals surface area (Å²) in [7, 11) is 0. The Morgan fingerprint density at radius 3 is 2.33 bits per heavy atom. The summed E-state index contributed by atoms with van der Waals surface area (Å²) in [5.74, 6) is 0.810. The van der Waals surface area contributed by atoms with Gasteiger partial charge in [0.15, 0.2) is 0 Å². The lowest BCUT2D eigenvalue weighted by molar-refractivity contribution is 0.0994. The maximum atomic E-state index is 12.5. The van der Waals surface area contributed by atoms with E-state index in [1.807, 2.05) is 19.1 Å². The van der Waals surface area contributed by atoms with Gasteiger partial charge in [-0.05, 0) is 42.9 Å². The molecule has 4 heteroatoms. The summed E-state index contributed by atoms with van der Waals surface area (Å²) in [5.41, 5.74) is 4.51. The highest BCUT2D eigenvalue weighted by Gasteiger charge is 2.32. The van der Waals surface area contributed by atoms with Crippen LogP contribution in [0.4, 0.5) is 10.5 Å². The Labute approximate surface area is 163 Å². The molecule has 0 spiro atoms. The number of aryl methyl sites for hydroxylation is 2. The molecular weight excluding hydrogens is 334 g/mol. The summed E-state index contributed by atoms with van der Waals surface area (Å²) in [4.78, 5) is 15.0. The minimum absolute atomic E-state index is 0.109. The molecule has 0 saturated carbocycles. The molecule has 3 rings (SSSR count). The molecule has 1 unspecified atom stereocenters. The van der Waals surface area contributed by atoms with Crippen molar-refractivity contribution in [3.05, 3.63) is 65.2 Å². The van der Waals surface area contributed by atoms with Crippen LogP contribution in [0, 0.1) is 25.7 Å². The molecule has 0 aliphatic carbocycles. The molecule has 2 aromatic rings. The third kappa shape index (κ3) is 5.10. The first-order valence-electron chi connectivity index (χ1n) is 9.83. The second-order valence-corrected chi connectivity index (χ2v) is 8.08. The standard InChI is InChI=1S/C23H31N3O/c1-16-10-11-21(17(2)12-16)24-23(27)25-22-18(3)13-26(14-19(22)4)15-20-8-6-5-7-9-20/h5-12,18-19,22H,13-15H2,1-4H3,(H2,24,25,27)/t18-,19+,22?. The van der Waals surface area contributed by atoms with Crippen LogP contribution in [0.1, 0.15) is 30.5 Å². The normalized spacial score (nSPS) is 23.0. The molecule has 1 fully saturated rings. The van der Waals surface area contributed by atoms with Gasteiger partial charge in [-0.1, -0.05) is 61.9 Å². The summed E-state index contributed by atoms with van der Waals surface area (Å²) in [6, 6.07) is 16.7. The molecule has 4 nitrogen and oxygen atoms in total. The topological polar surface area (TPSA) is 44.4 Å². The molecular formula is C23H31N3O. The molecule has 1 heterocycles. The van der Waals surface area contributed by atoms with E-state index < -0.39 is 0 Å². The lowest BCUT2D eigenvalue weighted by Gasteiger charge is -2.41. The zero-order chi connectivity index (χ0) is 19.4. The van der Waals surface area contributed by atoms with E-state index in [-0.39, 0.29) is 12.1 Å². The summed E-state index contributed by atoms with van der Waals surface area (Å²) in [5, 5.41) is 6.23. The van der Waals surface area contributed by atoms with Gasteiger partial charge < -0.3 is 10.6 Å². The number of hydrogen-bond donors (Lipinski definition) is 2. The van der Waals surface area contributed by atoms with Gasteiger partial charge in [0, 0.05) is 31.4 Å². The van der Waals surface area contributed by atoms with Crippen LogP contribution in [0.15, 0.2) is 48.5 Å². The molecule has 2 amide bonds. The van der Waals surface area contributed by atoms with Crippen molar-refractivity contribution in [2.24, 2.45) is 11.8 Å². The Bertz CT molecular complexity index is 762. The Kier molecular flexibility index (Phi) is 6.17. The van der Waals surface area contributed by atoms with Crippen molar-refractivity contribution >= 4 is 11.7 Å². The highest BCUT2D eigenvalue weighted by atomic mass is 16.2. The number of rotatable bonds is 4. The van der Waals surface area contributed by atoms with Crippen molar-refractivity contribution in [1.29, 1.82) is 0 Å². The Morgan fingerprint density at radius 1 is 1.04 bits per heavy atom. The van der Waals surface area contributed by atoms with Crippen molar-refractivity contribution in [3.63, 3.8) is 0 Å². The van der Waals surface area contributed by atoms with Gasteiger partial charge in [0.2, 0.25) is 0 Å². The van der Waals surface area contributed by atoms with E-state index in [4.69, 9.17) is 0 Å². The first-order chi connectivity index (χ1) is 12.9. The fourth-order valence-electron chi connectivity index (χ4n) is 4.20. The van der Waals surface area contributed by atoms with E-state index in [0.29, 0.717) is 11.8 Å². The maximum absolute atomic E-state index is 12.5. The highest BCUT2D eigenvalue weighted by Crippen LogP contribution is 2.24. The number of nitrogens with zero attached hydrogens (tertiary/aromatic N) is 1. The molecule has 2 aromatic carbocycles. The van der Waals surface area contributed by atoms with Gasteiger partial charge in [-0.2, -0.15) is 0 Å². The lowest BCUT2D eigenvalue weighted by Crippen LogP contribution is -2.55. The van der Waals surface area contributed by atoms with E-state index in [2.05, 4.69) is 72.7 Å². The minimum atomic E-state index is -0.109. The van der Waals surface area contributed by atoms with Crippen molar-refractivity contribution < 1.29 is 4.79 Å². The molecule has 1 aliphatic rings. The number of nitrogens with one attached hydrogen (secondary N) is 2. The second-order valence-electron chi connectivity index (χ2n) is 8.08.